The van der Waals surface area contributed by atoms with Gasteiger partial charge in [-0.1, -0.05) is 6.92 Å². The Morgan fingerprint density at radius 1 is 1.50 bits per heavy atom. The number of hydrogen-bond donors (Lipinski definition) is 1. The molecule has 1 atom stereocenters. The molecule has 0 rings (SSSR count). The summed E-state index contributed by atoms with van der Waals surface area (Å²) < 4.78 is 0. The summed E-state index contributed by atoms with van der Waals surface area (Å²) >= 11 is 5.49. The van der Waals surface area contributed by atoms with Gasteiger partial charge in [-0.05, 0) is 25.3 Å². The lowest BCUT2D eigenvalue weighted by molar-refractivity contribution is 0.527. The minimum absolute atomic E-state index is 0.706. The Hall–Kier alpha value is 0.250. The maximum absolute atomic E-state index is 5.49. The van der Waals surface area contributed by atoms with Crippen LogP contribution in [-0.2, 0) is 0 Å². The van der Waals surface area contributed by atoms with Crippen LogP contribution in [0.4, 0.5) is 0 Å². The van der Waals surface area contributed by atoms with E-state index in [2.05, 4.69) is 6.92 Å². The van der Waals surface area contributed by atoms with E-state index < -0.39 is 0 Å². The second-order valence-corrected chi connectivity index (χ2v) is 2.54. The Kier molecular flexibility index (Phi) is 5.56. The van der Waals surface area contributed by atoms with E-state index in [1.165, 1.54) is 0 Å². The van der Waals surface area contributed by atoms with Crippen molar-refractivity contribution in [2.75, 3.05) is 12.4 Å². The molecule has 0 fully saturated rings. The molecule has 2 N–H and O–H groups in total. The molecule has 0 aromatic rings. The molecule has 0 aliphatic rings. The highest BCUT2D eigenvalue weighted by Crippen LogP contribution is 2.05. The minimum atomic E-state index is 0.706. The molecule has 2 heteroatoms. The maximum atomic E-state index is 5.49. The van der Waals surface area contributed by atoms with Gasteiger partial charge in [-0.25, -0.2) is 0 Å². The topological polar surface area (TPSA) is 26.0 Å². The molecule has 0 saturated heterocycles. The van der Waals surface area contributed by atoms with Crippen LogP contribution in [0.5, 0.6) is 0 Å². The highest BCUT2D eigenvalue weighted by molar-refractivity contribution is 6.17. The number of halogens is 1. The zero-order valence-electron chi connectivity index (χ0n) is 5.36. The first-order valence-electron chi connectivity index (χ1n) is 3.07. The standard InChI is InChI=1S/C6H14ClN/c1-6(2-4-7)3-5-8/h6H,2-5,8H2,1H3. The Balaban J connectivity index is 2.92. The summed E-state index contributed by atoms with van der Waals surface area (Å²) in [5.41, 5.74) is 5.32. The summed E-state index contributed by atoms with van der Waals surface area (Å²) in [5.74, 6) is 1.47. The molecule has 1 nitrogen and oxygen atoms in total. The van der Waals surface area contributed by atoms with Gasteiger partial charge in [0.05, 0.1) is 0 Å². The quantitative estimate of drug-likeness (QED) is 0.583. The molecule has 0 amide bonds. The molecule has 1 unspecified atom stereocenters. The lowest BCUT2D eigenvalue weighted by atomic mass is 10.1. The molecule has 0 spiro atoms. The van der Waals surface area contributed by atoms with Gasteiger partial charge in [-0.2, -0.15) is 0 Å². The largest absolute Gasteiger partial charge is 0.330 e. The molecule has 50 valence electrons. The van der Waals surface area contributed by atoms with Gasteiger partial charge in [-0.15, -0.1) is 11.6 Å². The van der Waals surface area contributed by atoms with Gasteiger partial charge in [0.15, 0.2) is 0 Å². The zero-order chi connectivity index (χ0) is 6.41. The summed E-state index contributed by atoms with van der Waals surface area (Å²) in [7, 11) is 0. The lowest BCUT2D eigenvalue weighted by Crippen LogP contribution is -2.05. The summed E-state index contributed by atoms with van der Waals surface area (Å²) in [6, 6.07) is 0. The molecule has 0 aliphatic carbocycles. The van der Waals surface area contributed by atoms with E-state index in [0.717, 1.165) is 25.3 Å². The van der Waals surface area contributed by atoms with E-state index in [4.69, 9.17) is 17.3 Å². The fraction of sp³-hybridized carbons (Fsp3) is 1.00. The van der Waals surface area contributed by atoms with Crippen molar-refractivity contribution in [3.05, 3.63) is 0 Å². The van der Waals surface area contributed by atoms with Gasteiger partial charge in [0.25, 0.3) is 0 Å². The second kappa shape index (κ2) is 5.39. The molecular formula is C6H14ClN. The third kappa shape index (κ3) is 4.41. The third-order valence-corrected chi connectivity index (χ3v) is 1.48. The summed E-state index contributed by atoms with van der Waals surface area (Å²) in [6.45, 7) is 2.97. The second-order valence-electron chi connectivity index (χ2n) is 2.16. The molecule has 8 heavy (non-hydrogen) atoms. The molecule has 0 aromatic carbocycles. The molecule has 0 radical (unpaired) electrons. The minimum Gasteiger partial charge on any atom is -0.330 e. The highest BCUT2D eigenvalue weighted by Gasteiger charge is 1.96. The first-order valence-corrected chi connectivity index (χ1v) is 3.60. The summed E-state index contributed by atoms with van der Waals surface area (Å²) in [5, 5.41) is 0. The summed E-state index contributed by atoms with van der Waals surface area (Å²) in [6.07, 6.45) is 2.20. The van der Waals surface area contributed by atoms with E-state index >= 15 is 0 Å². The van der Waals surface area contributed by atoms with Gasteiger partial charge in [-0.3, -0.25) is 0 Å². The van der Waals surface area contributed by atoms with Gasteiger partial charge in [0.1, 0.15) is 0 Å². The van der Waals surface area contributed by atoms with Crippen molar-refractivity contribution in [2.24, 2.45) is 11.7 Å². The van der Waals surface area contributed by atoms with Gasteiger partial charge >= 0.3 is 0 Å². The number of nitrogens with two attached hydrogens (primary N) is 1. The van der Waals surface area contributed by atoms with E-state index in [-0.39, 0.29) is 0 Å². The van der Waals surface area contributed by atoms with E-state index in [9.17, 15) is 0 Å². The monoisotopic (exact) mass is 135 g/mol. The maximum Gasteiger partial charge on any atom is 0.0225 e. The summed E-state index contributed by atoms with van der Waals surface area (Å²) in [4.78, 5) is 0. The van der Waals surface area contributed by atoms with Crippen LogP contribution in [-0.4, -0.2) is 12.4 Å². The van der Waals surface area contributed by atoms with E-state index in [0.29, 0.717) is 5.92 Å². The van der Waals surface area contributed by atoms with Gasteiger partial charge in [0.2, 0.25) is 0 Å². The number of hydrogen-bond acceptors (Lipinski definition) is 1. The van der Waals surface area contributed by atoms with E-state index in [1.54, 1.807) is 0 Å². The third-order valence-electron chi connectivity index (χ3n) is 1.26. The Labute approximate surface area is 56.2 Å². The first kappa shape index (κ1) is 8.25. The lowest BCUT2D eigenvalue weighted by Gasteiger charge is -2.04. The molecule has 0 heterocycles. The van der Waals surface area contributed by atoms with Crippen LogP contribution in [0.3, 0.4) is 0 Å². The Morgan fingerprint density at radius 3 is 2.50 bits per heavy atom. The first-order chi connectivity index (χ1) is 3.81. The van der Waals surface area contributed by atoms with Crippen LogP contribution in [0.2, 0.25) is 0 Å². The van der Waals surface area contributed by atoms with Crippen LogP contribution in [0.1, 0.15) is 19.8 Å². The van der Waals surface area contributed by atoms with Crippen LogP contribution in [0, 0.1) is 5.92 Å². The van der Waals surface area contributed by atoms with Gasteiger partial charge < -0.3 is 5.73 Å². The number of alkyl halides is 1. The van der Waals surface area contributed by atoms with E-state index in [1.807, 2.05) is 0 Å². The predicted octanol–water partition coefficient (Wildman–Crippen LogP) is 1.60. The number of rotatable bonds is 4. The zero-order valence-corrected chi connectivity index (χ0v) is 6.12. The predicted molar refractivity (Wildman–Crippen MR) is 38.2 cm³/mol. The average Bonchev–Trinajstić information content (AvgIpc) is 1.68. The Bertz CT molecular complexity index is 41.8. The van der Waals surface area contributed by atoms with Crippen molar-refractivity contribution in [3.8, 4) is 0 Å². The highest BCUT2D eigenvalue weighted by atomic mass is 35.5. The molecule has 0 bridgehead atoms. The van der Waals surface area contributed by atoms with Crippen molar-refractivity contribution in [3.63, 3.8) is 0 Å². The molecule has 0 aromatic heterocycles. The SMILES string of the molecule is CC(CCN)CCCl. The molecule has 0 saturated carbocycles. The van der Waals surface area contributed by atoms with Crippen molar-refractivity contribution < 1.29 is 0 Å². The smallest absolute Gasteiger partial charge is 0.0225 e. The fourth-order valence-corrected chi connectivity index (χ4v) is 0.988. The Morgan fingerprint density at radius 2 is 2.12 bits per heavy atom. The van der Waals surface area contributed by atoms with Crippen LogP contribution in [0.15, 0.2) is 0 Å². The normalized spacial score (nSPS) is 13.9. The fourth-order valence-electron chi connectivity index (χ4n) is 0.615. The van der Waals surface area contributed by atoms with Crippen molar-refractivity contribution in [1.82, 2.24) is 0 Å². The van der Waals surface area contributed by atoms with Crippen molar-refractivity contribution >= 4 is 11.6 Å². The van der Waals surface area contributed by atoms with Crippen molar-refractivity contribution in [1.29, 1.82) is 0 Å². The van der Waals surface area contributed by atoms with Gasteiger partial charge in [0, 0.05) is 5.88 Å². The van der Waals surface area contributed by atoms with Crippen molar-refractivity contribution in [2.45, 2.75) is 19.8 Å². The average molecular weight is 136 g/mol. The molecule has 0 aliphatic heterocycles. The molecular weight excluding hydrogens is 122 g/mol. The van der Waals surface area contributed by atoms with Crippen LogP contribution < -0.4 is 5.73 Å². The van der Waals surface area contributed by atoms with Crippen LogP contribution >= 0.6 is 11.6 Å². The van der Waals surface area contributed by atoms with Crippen LogP contribution in [0.25, 0.3) is 0 Å².